The van der Waals surface area contributed by atoms with Crippen molar-refractivity contribution in [2.24, 2.45) is 0 Å². The molecule has 1 aliphatic heterocycles. The van der Waals surface area contributed by atoms with Gasteiger partial charge >= 0.3 is 0 Å². The molecule has 3 rings (SSSR count). The fourth-order valence-corrected chi connectivity index (χ4v) is 3.51. The second kappa shape index (κ2) is 8.83. The van der Waals surface area contributed by atoms with E-state index < -0.39 is 0 Å². The molecule has 6 heteroatoms. The Labute approximate surface area is 155 Å². The van der Waals surface area contributed by atoms with Gasteiger partial charge in [0.25, 0.3) is 5.91 Å². The lowest BCUT2D eigenvalue weighted by Gasteiger charge is -2.32. The number of carbonyl (C=O) groups excluding carboxylic acids is 1. The first-order chi connectivity index (χ1) is 12.7. The molecular weight excluding hydrogens is 328 g/mol. The van der Waals surface area contributed by atoms with Gasteiger partial charge in [-0.3, -0.25) is 4.79 Å². The molecule has 0 aromatic carbocycles. The fourth-order valence-electron chi connectivity index (χ4n) is 3.51. The van der Waals surface area contributed by atoms with Gasteiger partial charge in [0.05, 0.1) is 6.61 Å². The third-order valence-electron chi connectivity index (χ3n) is 4.93. The Morgan fingerprint density at radius 2 is 2.04 bits per heavy atom. The van der Waals surface area contributed by atoms with E-state index in [1.54, 1.807) is 18.3 Å². The summed E-state index contributed by atoms with van der Waals surface area (Å²) in [5.41, 5.74) is 0.553. The second-order valence-electron chi connectivity index (χ2n) is 6.69. The van der Waals surface area contributed by atoms with Crippen molar-refractivity contribution in [2.75, 3.05) is 19.7 Å². The Bertz CT molecular complexity index is 720. The maximum Gasteiger partial charge on any atom is 0.259 e. The van der Waals surface area contributed by atoms with Crippen LogP contribution in [0.5, 0.6) is 5.88 Å². The predicted molar refractivity (Wildman–Crippen MR) is 100 cm³/mol. The van der Waals surface area contributed by atoms with E-state index in [0.717, 1.165) is 32.5 Å². The van der Waals surface area contributed by atoms with Crippen LogP contribution in [0.2, 0.25) is 0 Å². The van der Waals surface area contributed by atoms with Gasteiger partial charge in [-0.25, -0.2) is 9.97 Å². The molecule has 6 nitrogen and oxygen atoms in total. The number of hydrogen-bond acceptors (Lipinski definition) is 4. The molecule has 0 saturated carbocycles. The number of pyridine rings is 1. The molecule has 1 amide bonds. The lowest BCUT2D eigenvalue weighted by molar-refractivity contribution is 0.0705. The number of carbonyl (C=O) groups is 1. The summed E-state index contributed by atoms with van der Waals surface area (Å²) in [6, 6.07) is 3.58. The molecule has 1 aliphatic rings. The van der Waals surface area contributed by atoms with E-state index >= 15 is 0 Å². The van der Waals surface area contributed by atoms with Crippen molar-refractivity contribution < 1.29 is 9.53 Å². The van der Waals surface area contributed by atoms with Crippen molar-refractivity contribution in [3.63, 3.8) is 0 Å². The molecule has 2 aromatic heterocycles. The van der Waals surface area contributed by atoms with Crippen LogP contribution in [0.3, 0.4) is 0 Å². The van der Waals surface area contributed by atoms with Crippen LogP contribution in [0.4, 0.5) is 0 Å². The number of hydrogen-bond donors (Lipinski definition) is 0. The molecule has 0 radical (unpaired) electrons. The fraction of sp³-hybridized carbons (Fsp3) is 0.550. The quantitative estimate of drug-likeness (QED) is 0.762. The summed E-state index contributed by atoms with van der Waals surface area (Å²) in [7, 11) is 0. The first-order valence-corrected chi connectivity index (χ1v) is 9.62. The predicted octanol–water partition coefficient (Wildman–Crippen LogP) is 3.50. The molecule has 0 atom stereocenters. The van der Waals surface area contributed by atoms with Crippen molar-refractivity contribution in [3.05, 3.63) is 42.1 Å². The number of aromatic nitrogens is 3. The Morgan fingerprint density at radius 1 is 1.23 bits per heavy atom. The van der Waals surface area contributed by atoms with Crippen molar-refractivity contribution in [3.8, 4) is 5.88 Å². The van der Waals surface area contributed by atoms with Gasteiger partial charge in [-0.2, -0.15) is 0 Å². The highest BCUT2D eigenvalue weighted by Gasteiger charge is 2.28. The van der Waals surface area contributed by atoms with Crippen LogP contribution in [0.15, 0.2) is 30.7 Å². The summed E-state index contributed by atoms with van der Waals surface area (Å²) in [6.45, 7) is 7.11. The second-order valence-corrected chi connectivity index (χ2v) is 6.69. The average molecular weight is 356 g/mol. The highest BCUT2D eigenvalue weighted by Crippen LogP contribution is 2.28. The molecule has 26 heavy (non-hydrogen) atoms. The van der Waals surface area contributed by atoms with E-state index in [4.69, 9.17) is 4.74 Å². The summed E-state index contributed by atoms with van der Waals surface area (Å²) in [6.07, 6.45) is 9.86. The average Bonchev–Trinajstić information content (AvgIpc) is 3.15. The van der Waals surface area contributed by atoms with Gasteiger partial charge in [0.15, 0.2) is 0 Å². The monoisotopic (exact) mass is 356 g/mol. The third kappa shape index (κ3) is 4.06. The van der Waals surface area contributed by atoms with Crippen LogP contribution >= 0.6 is 0 Å². The molecule has 0 unspecified atom stereocenters. The summed E-state index contributed by atoms with van der Waals surface area (Å²) in [5, 5.41) is 0. The first kappa shape index (κ1) is 18.4. The minimum Gasteiger partial charge on any atom is -0.477 e. The van der Waals surface area contributed by atoms with Crippen LogP contribution in [-0.2, 0) is 6.54 Å². The van der Waals surface area contributed by atoms with E-state index in [-0.39, 0.29) is 5.91 Å². The summed E-state index contributed by atoms with van der Waals surface area (Å²) < 4.78 is 7.79. The number of likely N-dealkylation sites (tertiary alicyclic amines) is 1. The van der Waals surface area contributed by atoms with E-state index in [0.29, 0.717) is 24.0 Å². The maximum atomic E-state index is 12.9. The molecule has 0 bridgehead atoms. The van der Waals surface area contributed by atoms with Gasteiger partial charge in [0, 0.05) is 44.1 Å². The third-order valence-corrected chi connectivity index (χ3v) is 4.93. The van der Waals surface area contributed by atoms with E-state index in [1.807, 2.05) is 18.0 Å². The number of amides is 1. The Morgan fingerprint density at radius 3 is 2.77 bits per heavy atom. The lowest BCUT2D eigenvalue weighted by atomic mass is 9.95. The van der Waals surface area contributed by atoms with Crippen LogP contribution in [-0.4, -0.2) is 45.0 Å². The molecule has 0 N–H and O–H groups in total. The highest BCUT2D eigenvalue weighted by atomic mass is 16.5. The number of imidazole rings is 1. The molecule has 0 spiro atoms. The molecule has 3 heterocycles. The minimum absolute atomic E-state index is 0.00863. The SMILES string of the molecule is CCCCn1ccnc1C1CCN(C(=O)c2cccnc2OCC)CC1. The highest BCUT2D eigenvalue weighted by molar-refractivity contribution is 5.96. The Balaban J connectivity index is 1.64. The summed E-state index contributed by atoms with van der Waals surface area (Å²) in [4.78, 5) is 23.6. The van der Waals surface area contributed by atoms with Crippen LogP contribution in [0.1, 0.15) is 61.6 Å². The van der Waals surface area contributed by atoms with Gasteiger partial charge in [-0.1, -0.05) is 13.3 Å². The van der Waals surface area contributed by atoms with Crippen molar-refractivity contribution in [1.29, 1.82) is 0 Å². The number of aryl methyl sites for hydroxylation is 1. The molecule has 1 saturated heterocycles. The minimum atomic E-state index is 0.00863. The molecule has 1 fully saturated rings. The van der Waals surface area contributed by atoms with Gasteiger partial charge in [0.1, 0.15) is 11.4 Å². The van der Waals surface area contributed by atoms with Gasteiger partial charge in [0.2, 0.25) is 5.88 Å². The van der Waals surface area contributed by atoms with Gasteiger partial charge < -0.3 is 14.2 Å². The van der Waals surface area contributed by atoms with Crippen molar-refractivity contribution in [2.45, 2.75) is 52.0 Å². The van der Waals surface area contributed by atoms with Crippen LogP contribution < -0.4 is 4.74 Å². The lowest BCUT2D eigenvalue weighted by Crippen LogP contribution is -2.38. The number of ether oxygens (including phenoxy) is 1. The maximum absolute atomic E-state index is 12.9. The number of nitrogens with zero attached hydrogens (tertiary/aromatic N) is 4. The zero-order chi connectivity index (χ0) is 18.4. The number of piperidine rings is 1. The molecule has 140 valence electrons. The topological polar surface area (TPSA) is 60.2 Å². The van der Waals surface area contributed by atoms with E-state index in [2.05, 4.69) is 27.7 Å². The summed E-state index contributed by atoms with van der Waals surface area (Å²) >= 11 is 0. The van der Waals surface area contributed by atoms with Gasteiger partial charge in [-0.15, -0.1) is 0 Å². The van der Waals surface area contributed by atoms with Crippen LogP contribution in [0, 0.1) is 0 Å². The van der Waals surface area contributed by atoms with Crippen molar-refractivity contribution in [1.82, 2.24) is 19.4 Å². The zero-order valence-corrected chi connectivity index (χ0v) is 15.7. The van der Waals surface area contributed by atoms with Crippen molar-refractivity contribution >= 4 is 5.91 Å². The normalized spacial score (nSPS) is 15.2. The molecular formula is C20H28N4O2. The number of unbranched alkanes of at least 4 members (excludes halogenated alkanes) is 1. The van der Waals surface area contributed by atoms with E-state index in [9.17, 15) is 4.79 Å². The van der Waals surface area contributed by atoms with Gasteiger partial charge in [-0.05, 0) is 38.3 Å². The molecule has 2 aromatic rings. The molecule has 0 aliphatic carbocycles. The zero-order valence-electron chi connectivity index (χ0n) is 15.7. The first-order valence-electron chi connectivity index (χ1n) is 9.62. The Hall–Kier alpha value is -2.37. The smallest absolute Gasteiger partial charge is 0.259 e. The van der Waals surface area contributed by atoms with E-state index in [1.165, 1.54) is 18.7 Å². The summed E-state index contributed by atoms with van der Waals surface area (Å²) in [5.74, 6) is 2.03. The standard InChI is InChI=1S/C20H28N4O2/c1-3-5-12-23-15-11-21-18(23)16-8-13-24(14-9-16)20(25)17-7-6-10-22-19(17)26-4-2/h6-7,10-11,15-16H,3-5,8-9,12-14H2,1-2H3. The van der Waals surface area contributed by atoms with Crippen LogP contribution in [0.25, 0.3) is 0 Å². The number of rotatable bonds is 7. The Kier molecular flexibility index (Phi) is 6.26. The largest absolute Gasteiger partial charge is 0.477 e.